The summed E-state index contributed by atoms with van der Waals surface area (Å²) in [5, 5.41) is 0.502. The second-order valence-corrected chi connectivity index (χ2v) is 4.65. The van der Waals surface area contributed by atoms with Crippen LogP contribution in [0.15, 0.2) is 36.4 Å². The molecule has 0 atom stereocenters. The molecule has 3 aromatic rings. The summed E-state index contributed by atoms with van der Waals surface area (Å²) in [5.74, 6) is 0.907. The Labute approximate surface area is 110 Å². The first-order valence-electron chi connectivity index (χ1n) is 5.74. The molecule has 90 valence electrons. The fraction of sp³-hybridized carbons (Fsp3) is 0.143. The van der Waals surface area contributed by atoms with E-state index in [0.717, 1.165) is 28.4 Å². The largest absolute Gasteiger partial charge is 0.281 e. The lowest BCUT2D eigenvalue weighted by Gasteiger charge is -2.05. The Kier molecular flexibility index (Phi) is 2.56. The van der Waals surface area contributed by atoms with Gasteiger partial charge in [-0.3, -0.25) is 4.40 Å². The van der Waals surface area contributed by atoms with E-state index in [9.17, 15) is 0 Å². The maximum Gasteiger partial charge on any atom is 0.161 e. The maximum absolute atomic E-state index is 6.00. The van der Waals surface area contributed by atoms with E-state index in [0.29, 0.717) is 5.15 Å². The van der Waals surface area contributed by atoms with Crippen molar-refractivity contribution in [3.63, 3.8) is 0 Å². The summed E-state index contributed by atoms with van der Waals surface area (Å²) in [6.07, 6.45) is 0. The van der Waals surface area contributed by atoms with E-state index in [-0.39, 0.29) is 0 Å². The number of hydrogen-bond donors (Lipinski definition) is 0. The van der Waals surface area contributed by atoms with E-state index in [1.54, 1.807) is 0 Å². The predicted molar refractivity (Wildman–Crippen MR) is 72.9 cm³/mol. The molecule has 1 aromatic carbocycles. The summed E-state index contributed by atoms with van der Waals surface area (Å²) in [4.78, 5) is 8.95. The molecule has 0 N–H and O–H groups in total. The number of aryl methyl sites for hydroxylation is 2. The number of benzene rings is 1. The Bertz CT molecular complexity index is 717. The standard InChI is InChI=1S/C14H12ClN3/c1-9-8-12(15)17-13-10(2)16-14(18(9)13)11-6-4-3-5-7-11/h3-8H,1-2H3. The molecule has 2 heterocycles. The number of nitrogens with zero attached hydrogens (tertiary/aromatic N) is 3. The Balaban J connectivity index is 2.38. The van der Waals surface area contributed by atoms with E-state index < -0.39 is 0 Å². The van der Waals surface area contributed by atoms with Crippen LogP contribution in [-0.2, 0) is 0 Å². The van der Waals surface area contributed by atoms with Gasteiger partial charge in [0.05, 0.1) is 5.69 Å². The number of aromatic nitrogens is 3. The van der Waals surface area contributed by atoms with E-state index in [1.807, 2.05) is 54.6 Å². The summed E-state index contributed by atoms with van der Waals surface area (Å²) in [7, 11) is 0. The first-order chi connectivity index (χ1) is 8.66. The highest BCUT2D eigenvalue weighted by Crippen LogP contribution is 2.24. The fourth-order valence-corrected chi connectivity index (χ4v) is 2.38. The van der Waals surface area contributed by atoms with Crippen molar-refractivity contribution in [2.45, 2.75) is 13.8 Å². The van der Waals surface area contributed by atoms with Gasteiger partial charge in [-0.15, -0.1) is 0 Å². The minimum atomic E-state index is 0.502. The molecule has 0 aliphatic carbocycles. The summed E-state index contributed by atoms with van der Waals surface area (Å²) in [6, 6.07) is 11.9. The van der Waals surface area contributed by atoms with Gasteiger partial charge in [-0.2, -0.15) is 0 Å². The van der Waals surface area contributed by atoms with Crippen LogP contribution in [0.25, 0.3) is 17.0 Å². The van der Waals surface area contributed by atoms with Crippen LogP contribution in [0, 0.1) is 13.8 Å². The molecule has 0 amide bonds. The van der Waals surface area contributed by atoms with Gasteiger partial charge in [-0.25, -0.2) is 9.97 Å². The molecule has 0 saturated heterocycles. The third kappa shape index (κ3) is 1.68. The number of rotatable bonds is 1. The van der Waals surface area contributed by atoms with E-state index in [2.05, 4.69) is 9.97 Å². The first-order valence-corrected chi connectivity index (χ1v) is 6.12. The van der Waals surface area contributed by atoms with Gasteiger partial charge in [0, 0.05) is 11.3 Å². The van der Waals surface area contributed by atoms with Crippen LogP contribution in [0.5, 0.6) is 0 Å². The molecule has 4 heteroatoms. The van der Waals surface area contributed by atoms with E-state index >= 15 is 0 Å². The molecule has 0 spiro atoms. The van der Waals surface area contributed by atoms with Gasteiger partial charge >= 0.3 is 0 Å². The average molecular weight is 258 g/mol. The smallest absolute Gasteiger partial charge is 0.161 e. The Morgan fingerprint density at radius 1 is 1.06 bits per heavy atom. The molecule has 0 radical (unpaired) electrons. The third-order valence-corrected chi connectivity index (χ3v) is 3.14. The SMILES string of the molecule is Cc1nc(-c2ccccc2)n2c(C)cc(Cl)nc12. The molecule has 0 aliphatic rings. The molecular formula is C14H12ClN3. The second-order valence-electron chi connectivity index (χ2n) is 4.27. The fourth-order valence-electron chi connectivity index (χ4n) is 2.14. The van der Waals surface area contributed by atoms with Crippen LogP contribution in [-0.4, -0.2) is 14.4 Å². The highest BCUT2D eigenvalue weighted by atomic mass is 35.5. The molecule has 3 rings (SSSR count). The van der Waals surface area contributed by atoms with Crippen molar-refractivity contribution in [2.24, 2.45) is 0 Å². The molecular weight excluding hydrogens is 246 g/mol. The molecule has 0 bridgehead atoms. The van der Waals surface area contributed by atoms with Gasteiger partial charge in [0.15, 0.2) is 5.65 Å². The number of hydrogen-bond acceptors (Lipinski definition) is 2. The Morgan fingerprint density at radius 2 is 1.78 bits per heavy atom. The van der Waals surface area contributed by atoms with E-state index in [4.69, 9.17) is 11.6 Å². The van der Waals surface area contributed by atoms with Crippen molar-refractivity contribution in [3.05, 3.63) is 52.9 Å². The second kappa shape index (κ2) is 4.10. The highest BCUT2D eigenvalue weighted by molar-refractivity contribution is 6.29. The lowest BCUT2D eigenvalue weighted by atomic mass is 10.2. The van der Waals surface area contributed by atoms with Crippen molar-refractivity contribution in [1.82, 2.24) is 14.4 Å². The van der Waals surface area contributed by atoms with Crippen molar-refractivity contribution in [1.29, 1.82) is 0 Å². The van der Waals surface area contributed by atoms with Crippen LogP contribution in [0.4, 0.5) is 0 Å². The van der Waals surface area contributed by atoms with Gasteiger partial charge in [-0.05, 0) is 19.9 Å². The van der Waals surface area contributed by atoms with Crippen molar-refractivity contribution in [2.75, 3.05) is 0 Å². The molecule has 18 heavy (non-hydrogen) atoms. The van der Waals surface area contributed by atoms with Gasteiger partial charge in [0.2, 0.25) is 0 Å². The molecule has 2 aromatic heterocycles. The molecule has 0 saturated carbocycles. The Hall–Kier alpha value is -1.87. The van der Waals surface area contributed by atoms with Gasteiger partial charge in [0.1, 0.15) is 11.0 Å². The molecule has 0 unspecified atom stereocenters. The van der Waals surface area contributed by atoms with Crippen LogP contribution in [0.1, 0.15) is 11.4 Å². The number of halogens is 1. The van der Waals surface area contributed by atoms with Crippen molar-refractivity contribution < 1.29 is 0 Å². The molecule has 3 nitrogen and oxygen atoms in total. The number of imidazole rings is 1. The van der Waals surface area contributed by atoms with Gasteiger partial charge < -0.3 is 0 Å². The van der Waals surface area contributed by atoms with Crippen LogP contribution in [0.2, 0.25) is 5.15 Å². The predicted octanol–water partition coefficient (Wildman–Crippen LogP) is 3.67. The third-order valence-electron chi connectivity index (χ3n) is 2.95. The highest BCUT2D eigenvalue weighted by Gasteiger charge is 2.13. The zero-order chi connectivity index (χ0) is 12.7. The van der Waals surface area contributed by atoms with E-state index in [1.165, 1.54) is 0 Å². The minimum Gasteiger partial charge on any atom is -0.281 e. The minimum absolute atomic E-state index is 0.502. The van der Waals surface area contributed by atoms with Crippen LogP contribution in [0.3, 0.4) is 0 Å². The number of fused-ring (bicyclic) bond motifs is 1. The first kappa shape index (κ1) is 11.2. The average Bonchev–Trinajstić information content (AvgIpc) is 2.68. The summed E-state index contributed by atoms with van der Waals surface area (Å²) >= 11 is 6.00. The Morgan fingerprint density at radius 3 is 2.50 bits per heavy atom. The van der Waals surface area contributed by atoms with Gasteiger partial charge in [0.25, 0.3) is 0 Å². The lowest BCUT2D eigenvalue weighted by molar-refractivity contribution is 1.05. The lowest BCUT2D eigenvalue weighted by Crippen LogP contribution is -1.96. The van der Waals surface area contributed by atoms with Crippen molar-refractivity contribution >= 4 is 17.2 Å². The van der Waals surface area contributed by atoms with Crippen molar-refractivity contribution in [3.8, 4) is 11.4 Å². The monoisotopic (exact) mass is 257 g/mol. The zero-order valence-corrected chi connectivity index (χ0v) is 10.9. The maximum atomic E-state index is 6.00. The normalized spacial score (nSPS) is 11.1. The zero-order valence-electron chi connectivity index (χ0n) is 10.2. The summed E-state index contributed by atoms with van der Waals surface area (Å²) in [6.45, 7) is 3.96. The van der Waals surface area contributed by atoms with Crippen LogP contribution < -0.4 is 0 Å². The topological polar surface area (TPSA) is 30.2 Å². The van der Waals surface area contributed by atoms with Gasteiger partial charge in [-0.1, -0.05) is 41.9 Å². The molecule has 0 fully saturated rings. The molecule has 0 aliphatic heterocycles. The summed E-state index contributed by atoms with van der Waals surface area (Å²) in [5.41, 5.74) is 3.82. The quantitative estimate of drug-likeness (QED) is 0.623. The summed E-state index contributed by atoms with van der Waals surface area (Å²) < 4.78 is 2.04. The van der Waals surface area contributed by atoms with Crippen LogP contribution >= 0.6 is 11.6 Å².